The highest BCUT2D eigenvalue weighted by Crippen LogP contribution is 2.45. The van der Waals surface area contributed by atoms with Gasteiger partial charge in [0.25, 0.3) is 0 Å². The lowest BCUT2D eigenvalue weighted by Gasteiger charge is -2.19. The van der Waals surface area contributed by atoms with Crippen LogP contribution >= 0.6 is 0 Å². The van der Waals surface area contributed by atoms with Crippen molar-refractivity contribution in [2.45, 2.75) is 13.2 Å². The highest BCUT2D eigenvalue weighted by molar-refractivity contribution is 6.07. The normalized spacial score (nSPS) is 13.1. The van der Waals surface area contributed by atoms with Crippen molar-refractivity contribution in [2.75, 3.05) is 0 Å². The molecular weight excluding hydrogens is 304 g/mol. The molecule has 0 radical (unpaired) electrons. The molecular formula is C24H18O. The minimum atomic E-state index is 0.685. The van der Waals surface area contributed by atoms with Crippen molar-refractivity contribution in [1.29, 1.82) is 0 Å². The molecule has 0 bridgehead atoms. The Bertz CT molecular complexity index is 1050. The van der Waals surface area contributed by atoms with Crippen LogP contribution in [0, 0.1) is 0 Å². The van der Waals surface area contributed by atoms with Crippen molar-refractivity contribution in [3.63, 3.8) is 0 Å². The van der Waals surface area contributed by atoms with Gasteiger partial charge in [-0.3, -0.25) is 0 Å². The molecule has 1 heterocycles. The van der Waals surface area contributed by atoms with Gasteiger partial charge >= 0.3 is 0 Å². The molecule has 1 heteroatoms. The average Bonchev–Trinajstić information content (AvgIpc) is 3.18. The van der Waals surface area contributed by atoms with Crippen molar-refractivity contribution in [1.82, 2.24) is 0 Å². The molecule has 0 fully saturated rings. The van der Waals surface area contributed by atoms with E-state index in [4.69, 9.17) is 4.74 Å². The second-order valence-electron chi connectivity index (χ2n) is 6.48. The summed E-state index contributed by atoms with van der Waals surface area (Å²) < 4.78 is 5.88. The molecule has 0 N–H and O–H groups in total. The highest BCUT2D eigenvalue weighted by atomic mass is 16.5. The molecule has 4 aromatic rings. The highest BCUT2D eigenvalue weighted by Gasteiger charge is 2.24. The number of rotatable bonds is 2. The minimum Gasteiger partial charge on any atom is -0.372 e. The van der Waals surface area contributed by atoms with Gasteiger partial charge in [0.15, 0.2) is 0 Å². The second kappa shape index (κ2) is 5.87. The zero-order valence-electron chi connectivity index (χ0n) is 13.9. The standard InChI is InChI=1S/C24H18O/c1-3-9-17(10-4-1)23-20-14-8-7-13-19(20)21-15-25-16-22(21)24(23)18-11-5-2-6-12-18/h1-14H,15-16H2. The van der Waals surface area contributed by atoms with Gasteiger partial charge in [0, 0.05) is 0 Å². The summed E-state index contributed by atoms with van der Waals surface area (Å²) in [6.45, 7) is 1.38. The molecule has 0 saturated heterocycles. The van der Waals surface area contributed by atoms with E-state index in [-0.39, 0.29) is 0 Å². The maximum absolute atomic E-state index is 5.88. The number of ether oxygens (including phenoxy) is 1. The summed E-state index contributed by atoms with van der Waals surface area (Å²) in [6, 6.07) is 30.1. The molecule has 0 spiro atoms. The molecule has 0 aliphatic carbocycles. The van der Waals surface area contributed by atoms with E-state index < -0.39 is 0 Å². The lowest BCUT2D eigenvalue weighted by molar-refractivity contribution is 0.135. The Hall–Kier alpha value is -2.90. The Morgan fingerprint density at radius 2 is 1.00 bits per heavy atom. The maximum Gasteiger partial charge on any atom is 0.0731 e. The molecule has 1 aliphatic heterocycles. The van der Waals surface area contributed by atoms with E-state index in [2.05, 4.69) is 84.9 Å². The van der Waals surface area contributed by atoms with E-state index in [1.165, 1.54) is 44.2 Å². The fraction of sp³-hybridized carbons (Fsp3) is 0.0833. The van der Waals surface area contributed by atoms with Crippen LogP contribution < -0.4 is 0 Å². The fourth-order valence-electron chi connectivity index (χ4n) is 3.97. The lowest BCUT2D eigenvalue weighted by Crippen LogP contribution is -1.96. The summed E-state index contributed by atoms with van der Waals surface area (Å²) in [5, 5.41) is 2.62. The molecule has 0 saturated carbocycles. The van der Waals surface area contributed by atoms with Gasteiger partial charge in [0.2, 0.25) is 0 Å². The van der Waals surface area contributed by atoms with Crippen LogP contribution in [0.5, 0.6) is 0 Å². The Kier molecular flexibility index (Phi) is 3.39. The zero-order chi connectivity index (χ0) is 16.6. The molecule has 0 unspecified atom stereocenters. The van der Waals surface area contributed by atoms with Gasteiger partial charge in [-0.1, -0.05) is 84.9 Å². The van der Waals surface area contributed by atoms with Gasteiger partial charge in [-0.2, -0.15) is 0 Å². The largest absolute Gasteiger partial charge is 0.372 e. The third-order valence-corrected chi connectivity index (χ3v) is 5.06. The Labute approximate surface area is 147 Å². The van der Waals surface area contributed by atoms with Crippen LogP contribution in [0.1, 0.15) is 11.1 Å². The van der Waals surface area contributed by atoms with Gasteiger partial charge in [-0.15, -0.1) is 0 Å². The van der Waals surface area contributed by atoms with Crippen LogP contribution in [-0.4, -0.2) is 0 Å². The summed E-state index contributed by atoms with van der Waals surface area (Å²) in [7, 11) is 0. The second-order valence-corrected chi connectivity index (χ2v) is 6.48. The van der Waals surface area contributed by atoms with Crippen LogP contribution in [0.4, 0.5) is 0 Å². The van der Waals surface area contributed by atoms with E-state index in [1.54, 1.807) is 0 Å². The SMILES string of the molecule is c1ccc(-c2c3c(c4ccccc4c2-c2ccccc2)COC3)cc1. The summed E-state index contributed by atoms with van der Waals surface area (Å²) in [5.41, 5.74) is 7.82. The quantitative estimate of drug-likeness (QED) is 0.426. The van der Waals surface area contributed by atoms with E-state index in [0.29, 0.717) is 13.2 Å². The minimum absolute atomic E-state index is 0.685. The van der Waals surface area contributed by atoms with Crippen LogP contribution in [0.25, 0.3) is 33.0 Å². The van der Waals surface area contributed by atoms with Gasteiger partial charge < -0.3 is 4.74 Å². The van der Waals surface area contributed by atoms with Crippen LogP contribution in [0.15, 0.2) is 84.9 Å². The molecule has 0 aromatic heterocycles. The molecule has 5 rings (SSSR count). The average molecular weight is 322 g/mol. The summed E-state index contributed by atoms with van der Waals surface area (Å²) in [5.74, 6) is 0. The van der Waals surface area contributed by atoms with E-state index >= 15 is 0 Å². The summed E-state index contributed by atoms with van der Waals surface area (Å²) in [4.78, 5) is 0. The summed E-state index contributed by atoms with van der Waals surface area (Å²) in [6.07, 6.45) is 0. The number of hydrogen-bond donors (Lipinski definition) is 0. The van der Waals surface area contributed by atoms with Crippen molar-refractivity contribution >= 4 is 10.8 Å². The first kappa shape index (κ1) is 14.4. The molecule has 4 aromatic carbocycles. The Morgan fingerprint density at radius 1 is 0.480 bits per heavy atom. The number of hydrogen-bond acceptors (Lipinski definition) is 1. The monoisotopic (exact) mass is 322 g/mol. The Morgan fingerprint density at radius 3 is 1.68 bits per heavy atom. The van der Waals surface area contributed by atoms with Crippen molar-refractivity contribution in [2.24, 2.45) is 0 Å². The smallest absolute Gasteiger partial charge is 0.0731 e. The first-order valence-corrected chi connectivity index (χ1v) is 8.68. The topological polar surface area (TPSA) is 9.23 Å². The molecule has 25 heavy (non-hydrogen) atoms. The predicted octanol–water partition coefficient (Wildman–Crippen LogP) is 6.20. The molecule has 1 nitrogen and oxygen atoms in total. The lowest BCUT2D eigenvalue weighted by atomic mass is 9.84. The van der Waals surface area contributed by atoms with Gasteiger partial charge in [0.1, 0.15) is 0 Å². The van der Waals surface area contributed by atoms with Gasteiger partial charge in [-0.25, -0.2) is 0 Å². The first-order valence-electron chi connectivity index (χ1n) is 8.68. The molecule has 0 amide bonds. The van der Waals surface area contributed by atoms with Gasteiger partial charge in [-0.05, 0) is 44.2 Å². The van der Waals surface area contributed by atoms with Crippen molar-refractivity contribution in [3.05, 3.63) is 96.1 Å². The third-order valence-electron chi connectivity index (χ3n) is 5.06. The van der Waals surface area contributed by atoms with Crippen LogP contribution in [0.2, 0.25) is 0 Å². The van der Waals surface area contributed by atoms with Crippen molar-refractivity contribution in [3.8, 4) is 22.3 Å². The first-order chi connectivity index (χ1) is 12.4. The van der Waals surface area contributed by atoms with Crippen LogP contribution in [-0.2, 0) is 18.0 Å². The fourth-order valence-corrected chi connectivity index (χ4v) is 3.97. The Balaban J connectivity index is 1.98. The third kappa shape index (κ3) is 2.28. The molecule has 0 atom stereocenters. The molecule has 120 valence electrons. The van der Waals surface area contributed by atoms with E-state index in [1.807, 2.05) is 0 Å². The van der Waals surface area contributed by atoms with Crippen LogP contribution in [0.3, 0.4) is 0 Å². The summed E-state index contributed by atoms with van der Waals surface area (Å²) >= 11 is 0. The predicted molar refractivity (Wildman–Crippen MR) is 103 cm³/mol. The zero-order valence-corrected chi connectivity index (χ0v) is 13.9. The maximum atomic E-state index is 5.88. The van der Waals surface area contributed by atoms with Crippen molar-refractivity contribution < 1.29 is 4.74 Å². The number of fused-ring (bicyclic) bond motifs is 3. The molecule has 1 aliphatic rings. The van der Waals surface area contributed by atoms with Gasteiger partial charge in [0.05, 0.1) is 13.2 Å². The van der Waals surface area contributed by atoms with E-state index in [9.17, 15) is 0 Å². The van der Waals surface area contributed by atoms with E-state index in [0.717, 1.165) is 0 Å². The number of benzene rings is 4.